The average molecular weight is 470 g/mol. The largest absolute Gasteiger partial charge is 0.444 e. The van der Waals surface area contributed by atoms with Gasteiger partial charge in [0.2, 0.25) is 0 Å². The molecule has 1 aromatic rings. The van der Waals surface area contributed by atoms with E-state index in [1.165, 1.54) is 22.1 Å². The fourth-order valence-electron chi connectivity index (χ4n) is 4.16. The molecule has 1 amide bonds. The van der Waals surface area contributed by atoms with Crippen molar-refractivity contribution >= 4 is 34.4 Å². The lowest BCUT2D eigenvalue weighted by Crippen LogP contribution is -2.44. The average Bonchev–Trinajstić information content (AvgIpc) is 2.61. The minimum absolute atomic E-state index is 0.149. The van der Waals surface area contributed by atoms with E-state index >= 15 is 0 Å². The van der Waals surface area contributed by atoms with Crippen molar-refractivity contribution in [2.45, 2.75) is 52.1 Å². The van der Waals surface area contributed by atoms with Crippen LogP contribution in [-0.4, -0.2) is 42.8 Å². The van der Waals surface area contributed by atoms with Crippen LogP contribution in [0.5, 0.6) is 0 Å². The van der Waals surface area contributed by atoms with Gasteiger partial charge in [-0.25, -0.2) is 4.79 Å². The number of nitrogens with zero attached hydrogens (tertiary/aromatic N) is 2. The molecule has 0 atom stereocenters. The number of rotatable bonds is 2. The Balaban J connectivity index is 1.45. The maximum Gasteiger partial charge on any atom is 0.410 e. The van der Waals surface area contributed by atoms with Crippen LogP contribution in [0.25, 0.3) is 0 Å². The second kappa shape index (κ2) is 8.36. The van der Waals surface area contributed by atoms with Gasteiger partial charge in [-0.3, -0.25) is 0 Å². The lowest BCUT2D eigenvalue weighted by Gasteiger charge is -2.41. The number of likely N-dealkylation sites (tertiary alicyclic amines) is 1. The van der Waals surface area contributed by atoms with Crippen molar-refractivity contribution in [2.24, 2.45) is 11.8 Å². The summed E-state index contributed by atoms with van der Waals surface area (Å²) >= 11 is 2.36. The third-order valence-electron chi connectivity index (χ3n) is 5.59. The van der Waals surface area contributed by atoms with Gasteiger partial charge in [0, 0.05) is 35.4 Å². The molecule has 0 bridgehead atoms. The van der Waals surface area contributed by atoms with Crippen molar-refractivity contribution in [3.05, 3.63) is 27.8 Å². The summed E-state index contributed by atoms with van der Waals surface area (Å²) in [7, 11) is 0. The Morgan fingerprint density at radius 2 is 1.46 bits per heavy atom. The zero-order chi connectivity index (χ0) is 18.7. The first-order valence-electron chi connectivity index (χ1n) is 9.80. The predicted molar refractivity (Wildman–Crippen MR) is 115 cm³/mol. The molecule has 2 saturated heterocycles. The lowest BCUT2D eigenvalue weighted by molar-refractivity contribution is 0.0152. The SMILES string of the molecule is CC(C)(C)OC(=O)N1CCC(C2CCN(c3ccc(I)cc3)CC2)CC1. The number of halogens is 1. The third-order valence-corrected chi connectivity index (χ3v) is 6.31. The summed E-state index contributed by atoms with van der Waals surface area (Å²) in [6.45, 7) is 9.78. The number of carbonyl (C=O) groups excluding carboxylic acids is 1. The molecule has 144 valence electrons. The van der Waals surface area contributed by atoms with Crippen molar-refractivity contribution in [3.63, 3.8) is 0 Å². The van der Waals surface area contributed by atoms with E-state index in [2.05, 4.69) is 51.8 Å². The number of ether oxygens (including phenoxy) is 1. The number of carbonyl (C=O) groups is 1. The smallest absolute Gasteiger partial charge is 0.410 e. The maximum atomic E-state index is 12.2. The van der Waals surface area contributed by atoms with Gasteiger partial charge >= 0.3 is 6.09 Å². The normalized spacial score (nSPS) is 20.3. The van der Waals surface area contributed by atoms with Crippen molar-refractivity contribution in [2.75, 3.05) is 31.1 Å². The Hall–Kier alpha value is -0.980. The summed E-state index contributed by atoms with van der Waals surface area (Å²) in [6.07, 6.45) is 4.62. The molecule has 0 radical (unpaired) electrons. The highest BCUT2D eigenvalue weighted by Crippen LogP contribution is 2.34. The second-order valence-corrected chi connectivity index (χ2v) is 9.85. The van der Waals surface area contributed by atoms with Crippen LogP contribution >= 0.6 is 22.6 Å². The fraction of sp³-hybridized carbons (Fsp3) is 0.667. The molecule has 0 unspecified atom stereocenters. The monoisotopic (exact) mass is 470 g/mol. The van der Waals surface area contributed by atoms with E-state index in [-0.39, 0.29) is 6.09 Å². The first-order valence-corrected chi connectivity index (χ1v) is 10.9. The van der Waals surface area contributed by atoms with Crippen LogP contribution in [0.3, 0.4) is 0 Å². The molecule has 5 heteroatoms. The fourth-order valence-corrected chi connectivity index (χ4v) is 4.52. The number of piperidine rings is 2. The van der Waals surface area contributed by atoms with Crippen molar-refractivity contribution < 1.29 is 9.53 Å². The summed E-state index contributed by atoms with van der Waals surface area (Å²) in [5.41, 5.74) is 0.944. The van der Waals surface area contributed by atoms with Gasteiger partial charge in [-0.1, -0.05) is 0 Å². The van der Waals surface area contributed by atoms with E-state index in [4.69, 9.17) is 4.74 Å². The van der Waals surface area contributed by atoms with E-state index < -0.39 is 5.60 Å². The second-order valence-electron chi connectivity index (χ2n) is 8.61. The van der Waals surface area contributed by atoms with Crippen molar-refractivity contribution in [1.82, 2.24) is 4.90 Å². The molecular formula is C21H31IN2O2. The van der Waals surface area contributed by atoms with Crippen LogP contribution in [0, 0.1) is 15.4 Å². The van der Waals surface area contributed by atoms with Gasteiger partial charge in [0.05, 0.1) is 0 Å². The first-order chi connectivity index (χ1) is 12.3. The van der Waals surface area contributed by atoms with Gasteiger partial charge in [-0.05, 0) is 105 Å². The van der Waals surface area contributed by atoms with Crippen LogP contribution in [0.1, 0.15) is 46.5 Å². The zero-order valence-electron chi connectivity index (χ0n) is 16.2. The van der Waals surface area contributed by atoms with Crippen LogP contribution in [0.15, 0.2) is 24.3 Å². The number of benzene rings is 1. The van der Waals surface area contributed by atoms with E-state index in [0.29, 0.717) is 0 Å². The Labute approximate surface area is 171 Å². The van der Waals surface area contributed by atoms with E-state index in [1.54, 1.807) is 0 Å². The molecule has 2 heterocycles. The Morgan fingerprint density at radius 1 is 0.962 bits per heavy atom. The number of hydrogen-bond acceptors (Lipinski definition) is 3. The molecule has 0 aliphatic carbocycles. The molecule has 26 heavy (non-hydrogen) atoms. The molecule has 0 saturated carbocycles. The Kier molecular flexibility index (Phi) is 6.36. The summed E-state index contributed by atoms with van der Waals surface area (Å²) in [5, 5.41) is 0. The van der Waals surface area contributed by atoms with E-state index in [9.17, 15) is 4.79 Å². The topological polar surface area (TPSA) is 32.8 Å². The molecular weight excluding hydrogens is 439 g/mol. The summed E-state index contributed by atoms with van der Waals surface area (Å²) in [5.74, 6) is 1.56. The van der Waals surface area contributed by atoms with Crippen molar-refractivity contribution in [3.8, 4) is 0 Å². The molecule has 4 nitrogen and oxygen atoms in total. The van der Waals surface area contributed by atoms with Crippen LogP contribution in [0.4, 0.5) is 10.5 Å². The van der Waals surface area contributed by atoms with Crippen molar-refractivity contribution in [1.29, 1.82) is 0 Å². The van der Waals surface area contributed by atoms with Gasteiger partial charge < -0.3 is 14.5 Å². The molecule has 3 rings (SSSR count). The van der Waals surface area contributed by atoms with Gasteiger partial charge in [-0.2, -0.15) is 0 Å². The van der Waals surface area contributed by atoms with Gasteiger partial charge in [0.25, 0.3) is 0 Å². The molecule has 0 aromatic heterocycles. The minimum atomic E-state index is -0.406. The standard InChI is InChI=1S/C21H31IN2O2/c1-21(2,3)26-20(25)24-14-10-17(11-15-24)16-8-12-23(13-9-16)19-6-4-18(22)5-7-19/h4-7,16-17H,8-15H2,1-3H3. The Morgan fingerprint density at radius 3 is 1.96 bits per heavy atom. The molecule has 0 spiro atoms. The highest BCUT2D eigenvalue weighted by molar-refractivity contribution is 14.1. The highest BCUT2D eigenvalue weighted by atomic mass is 127. The predicted octanol–water partition coefficient (Wildman–Crippen LogP) is 5.15. The van der Waals surface area contributed by atoms with Crippen LogP contribution in [-0.2, 0) is 4.74 Å². The molecule has 2 fully saturated rings. The van der Waals surface area contributed by atoms with E-state index in [1.807, 2.05) is 25.7 Å². The summed E-state index contributed by atoms with van der Waals surface area (Å²) in [4.78, 5) is 16.6. The Bertz CT molecular complexity index is 595. The third kappa shape index (κ3) is 5.27. The van der Waals surface area contributed by atoms with Gasteiger partial charge in [-0.15, -0.1) is 0 Å². The summed E-state index contributed by atoms with van der Waals surface area (Å²) < 4.78 is 6.80. The van der Waals surface area contributed by atoms with Gasteiger partial charge in [0.1, 0.15) is 5.60 Å². The maximum absolute atomic E-state index is 12.2. The lowest BCUT2D eigenvalue weighted by atomic mass is 9.79. The quantitative estimate of drug-likeness (QED) is 0.561. The van der Waals surface area contributed by atoms with E-state index in [0.717, 1.165) is 50.9 Å². The number of anilines is 1. The highest BCUT2D eigenvalue weighted by Gasteiger charge is 2.32. The minimum Gasteiger partial charge on any atom is -0.444 e. The van der Waals surface area contributed by atoms with Crippen LogP contribution in [0.2, 0.25) is 0 Å². The molecule has 2 aliphatic heterocycles. The number of hydrogen-bond donors (Lipinski definition) is 0. The molecule has 0 N–H and O–H groups in total. The number of amides is 1. The first kappa shape index (κ1) is 19.8. The molecule has 1 aromatic carbocycles. The summed E-state index contributed by atoms with van der Waals surface area (Å²) in [6, 6.07) is 8.85. The molecule has 2 aliphatic rings. The van der Waals surface area contributed by atoms with Crippen LogP contribution < -0.4 is 4.90 Å². The van der Waals surface area contributed by atoms with Gasteiger partial charge in [0.15, 0.2) is 0 Å². The zero-order valence-corrected chi connectivity index (χ0v) is 18.4.